The predicted octanol–water partition coefficient (Wildman–Crippen LogP) is 2.83. The fraction of sp³-hybridized carbons (Fsp3) is 0.529. The van der Waals surface area contributed by atoms with Crippen LogP contribution < -0.4 is 0 Å². The molecule has 0 aliphatic carbocycles. The minimum absolute atomic E-state index is 0.0805. The summed E-state index contributed by atoms with van der Waals surface area (Å²) in [6.07, 6.45) is 4.54. The van der Waals surface area contributed by atoms with Crippen LogP contribution in [0.2, 0.25) is 0 Å². The summed E-state index contributed by atoms with van der Waals surface area (Å²) in [7, 11) is 4.21. The molecular weight excluding hydrogens is 268 g/mol. The van der Waals surface area contributed by atoms with Gasteiger partial charge in [-0.25, -0.2) is 4.79 Å². The Hall–Kier alpha value is -2.29. The SMILES string of the molecule is CCCCC#CCCC#C/C(OC)=C(/OC)C(=C=O)OC. The van der Waals surface area contributed by atoms with Crippen molar-refractivity contribution in [1.29, 1.82) is 0 Å². The lowest BCUT2D eigenvalue weighted by Gasteiger charge is -2.08. The Balaban J connectivity index is 4.72. The molecule has 0 saturated carbocycles. The highest BCUT2D eigenvalue weighted by Crippen LogP contribution is 2.14. The fourth-order valence-electron chi connectivity index (χ4n) is 1.38. The van der Waals surface area contributed by atoms with Crippen LogP contribution in [0.25, 0.3) is 0 Å². The van der Waals surface area contributed by atoms with Crippen LogP contribution in [-0.2, 0) is 19.0 Å². The van der Waals surface area contributed by atoms with Gasteiger partial charge < -0.3 is 14.2 Å². The first-order valence-electron chi connectivity index (χ1n) is 6.81. The second-order valence-electron chi connectivity index (χ2n) is 3.96. The molecule has 0 atom stereocenters. The van der Waals surface area contributed by atoms with Crippen molar-refractivity contribution in [2.24, 2.45) is 0 Å². The molecule has 4 nitrogen and oxygen atoms in total. The third kappa shape index (κ3) is 7.78. The molecule has 0 aliphatic heterocycles. The minimum Gasteiger partial charge on any atom is -0.489 e. The third-order valence-electron chi connectivity index (χ3n) is 2.47. The molecule has 0 fully saturated rings. The molecule has 0 unspecified atom stereocenters. The number of allylic oxidation sites excluding steroid dienone is 1. The molecule has 0 aliphatic rings. The summed E-state index contributed by atoms with van der Waals surface area (Å²) in [6.45, 7) is 2.14. The van der Waals surface area contributed by atoms with Crippen LogP contribution in [0.15, 0.2) is 17.3 Å². The summed E-state index contributed by atoms with van der Waals surface area (Å²) in [5, 5.41) is 0. The molecule has 0 amide bonds. The quantitative estimate of drug-likeness (QED) is 0.238. The van der Waals surface area contributed by atoms with Crippen molar-refractivity contribution in [3.8, 4) is 23.7 Å². The lowest BCUT2D eigenvalue weighted by Crippen LogP contribution is -2.02. The molecule has 0 rings (SSSR count). The number of methoxy groups -OCH3 is 3. The van der Waals surface area contributed by atoms with E-state index in [2.05, 4.69) is 30.6 Å². The van der Waals surface area contributed by atoms with E-state index in [4.69, 9.17) is 14.2 Å². The highest BCUT2D eigenvalue weighted by molar-refractivity contribution is 5.57. The molecule has 0 heterocycles. The first kappa shape index (κ1) is 18.7. The number of hydrogen-bond acceptors (Lipinski definition) is 4. The van der Waals surface area contributed by atoms with Gasteiger partial charge in [-0.1, -0.05) is 19.3 Å². The van der Waals surface area contributed by atoms with Crippen LogP contribution in [-0.4, -0.2) is 27.3 Å². The summed E-state index contributed by atoms with van der Waals surface area (Å²) in [5.41, 5.74) is 0. The second-order valence-corrected chi connectivity index (χ2v) is 3.96. The first-order valence-corrected chi connectivity index (χ1v) is 6.81. The zero-order valence-corrected chi connectivity index (χ0v) is 13.2. The van der Waals surface area contributed by atoms with Crippen LogP contribution in [0, 0.1) is 23.7 Å². The van der Waals surface area contributed by atoms with Gasteiger partial charge in [0.15, 0.2) is 5.94 Å². The van der Waals surface area contributed by atoms with Crippen molar-refractivity contribution in [3.63, 3.8) is 0 Å². The van der Waals surface area contributed by atoms with Gasteiger partial charge in [0.2, 0.25) is 11.5 Å². The molecule has 0 radical (unpaired) electrons. The molecule has 114 valence electrons. The summed E-state index contributed by atoms with van der Waals surface area (Å²) < 4.78 is 15.0. The Morgan fingerprint density at radius 2 is 1.57 bits per heavy atom. The van der Waals surface area contributed by atoms with Gasteiger partial charge in [-0.15, -0.1) is 11.8 Å². The third-order valence-corrected chi connectivity index (χ3v) is 2.47. The number of hydrogen-bond donors (Lipinski definition) is 0. The van der Waals surface area contributed by atoms with E-state index in [1.807, 2.05) is 0 Å². The van der Waals surface area contributed by atoms with Crippen LogP contribution in [0.5, 0.6) is 0 Å². The lowest BCUT2D eigenvalue weighted by molar-refractivity contribution is 0.194. The maximum atomic E-state index is 10.7. The lowest BCUT2D eigenvalue weighted by atomic mass is 10.2. The maximum Gasteiger partial charge on any atom is 0.251 e. The van der Waals surface area contributed by atoms with Crippen LogP contribution in [0.1, 0.15) is 39.0 Å². The van der Waals surface area contributed by atoms with Gasteiger partial charge in [-0.3, -0.25) is 0 Å². The van der Waals surface area contributed by atoms with E-state index >= 15 is 0 Å². The van der Waals surface area contributed by atoms with E-state index in [9.17, 15) is 4.79 Å². The Kier molecular flexibility index (Phi) is 11.3. The Bertz CT molecular complexity index is 502. The summed E-state index contributed by atoms with van der Waals surface area (Å²) >= 11 is 0. The summed E-state index contributed by atoms with van der Waals surface area (Å²) in [4.78, 5) is 10.7. The number of carbonyl (C=O) groups excluding carboxylic acids is 1. The van der Waals surface area contributed by atoms with E-state index in [0.29, 0.717) is 12.8 Å². The summed E-state index contributed by atoms with van der Waals surface area (Å²) in [5.74, 6) is 13.8. The standard InChI is InChI=1S/C17H22O4/c1-5-6-7-8-9-10-11-12-13-15(19-2)17(21-4)16(14-18)20-3/h5-7,10-11H2,1-4H3/b17-15-. The highest BCUT2D eigenvalue weighted by atomic mass is 16.5. The molecule has 0 spiro atoms. The zero-order valence-electron chi connectivity index (χ0n) is 13.2. The van der Waals surface area contributed by atoms with E-state index in [0.717, 1.165) is 19.3 Å². The predicted molar refractivity (Wildman–Crippen MR) is 81.6 cm³/mol. The van der Waals surface area contributed by atoms with E-state index in [-0.39, 0.29) is 17.3 Å². The average molecular weight is 290 g/mol. The Morgan fingerprint density at radius 3 is 2.10 bits per heavy atom. The van der Waals surface area contributed by atoms with Crippen molar-refractivity contribution in [2.75, 3.05) is 21.3 Å². The summed E-state index contributed by atoms with van der Waals surface area (Å²) in [6, 6.07) is 0. The van der Waals surface area contributed by atoms with Crippen molar-refractivity contribution < 1.29 is 19.0 Å². The molecule has 0 saturated heterocycles. The van der Waals surface area contributed by atoms with E-state index < -0.39 is 0 Å². The van der Waals surface area contributed by atoms with Gasteiger partial charge in [0, 0.05) is 19.3 Å². The molecular formula is C17H22O4. The van der Waals surface area contributed by atoms with Crippen LogP contribution >= 0.6 is 0 Å². The van der Waals surface area contributed by atoms with Crippen molar-refractivity contribution in [2.45, 2.75) is 39.0 Å². The molecule has 0 aromatic heterocycles. The van der Waals surface area contributed by atoms with Crippen LogP contribution in [0.3, 0.4) is 0 Å². The molecule has 21 heavy (non-hydrogen) atoms. The van der Waals surface area contributed by atoms with Crippen molar-refractivity contribution in [3.05, 3.63) is 17.3 Å². The van der Waals surface area contributed by atoms with Crippen molar-refractivity contribution in [1.82, 2.24) is 0 Å². The van der Waals surface area contributed by atoms with Gasteiger partial charge in [0.1, 0.15) is 0 Å². The number of unbranched alkanes of at least 4 members (excludes halogenated alkanes) is 3. The van der Waals surface area contributed by atoms with Gasteiger partial charge in [0.25, 0.3) is 5.76 Å². The molecule has 4 heteroatoms. The molecule has 0 aromatic rings. The largest absolute Gasteiger partial charge is 0.489 e. The monoisotopic (exact) mass is 290 g/mol. The molecule has 0 aromatic carbocycles. The smallest absolute Gasteiger partial charge is 0.251 e. The topological polar surface area (TPSA) is 44.8 Å². The number of ether oxygens (including phenoxy) is 3. The molecule has 0 bridgehead atoms. The van der Waals surface area contributed by atoms with E-state index in [1.54, 1.807) is 5.94 Å². The minimum atomic E-state index is -0.0805. The number of rotatable bonds is 7. The van der Waals surface area contributed by atoms with Gasteiger partial charge in [0.05, 0.1) is 21.3 Å². The van der Waals surface area contributed by atoms with Gasteiger partial charge in [-0.05, 0) is 12.3 Å². The van der Waals surface area contributed by atoms with Gasteiger partial charge >= 0.3 is 0 Å². The fourth-order valence-corrected chi connectivity index (χ4v) is 1.38. The second kappa shape index (κ2) is 12.7. The van der Waals surface area contributed by atoms with Gasteiger partial charge in [-0.2, -0.15) is 0 Å². The van der Waals surface area contributed by atoms with E-state index in [1.165, 1.54) is 21.3 Å². The normalized spacial score (nSPS) is 9.90. The Labute approximate surface area is 127 Å². The molecule has 0 N–H and O–H groups in total. The van der Waals surface area contributed by atoms with Crippen LogP contribution in [0.4, 0.5) is 0 Å². The highest BCUT2D eigenvalue weighted by Gasteiger charge is 2.13. The zero-order chi connectivity index (χ0) is 15.9. The first-order chi connectivity index (χ1) is 10.2. The average Bonchev–Trinajstić information content (AvgIpc) is 2.52. The van der Waals surface area contributed by atoms with Crippen molar-refractivity contribution >= 4 is 5.94 Å². The Morgan fingerprint density at radius 1 is 0.905 bits per heavy atom. The maximum absolute atomic E-state index is 10.7.